The lowest BCUT2D eigenvalue weighted by Gasteiger charge is -2.28. The van der Waals surface area contributed by atoms with Crippen LogP contribution in [0.3, 0.4) is 0 Å². The van der Waals surface area contributed by atoms with Crippen molar-refractivity contribution in [1.29, 1.82) is 0 Å². The Labute approximate surface area is 122 Å². The Hall–Kier alpha value is -1.89. The van der Waals surface area contributed by atoms with Crippen molar-refractivity contribution in [1.82, 2.24) is 15.0 Å². The zero-order valence-corrected chi connectivity index (χ0v) is 12.2. The maximum atomic E-state index is 12.5. The van der Waals surface area contributed by atoms with Gasteiger partial charge in [0.25, 0.3) is 5.91 Å². The first kappa shape index (κ1) is 14.1. The molecule has 0 saturated carbocycles. The van der Waals surface area contributed by atoms with Crippen molar-refractivity contribution in [2.75, 3.05) is 33.4 Å². The number of amides is 2. The molecule has 0 unspecified atom stereocenters. The average molecular weight is 293 g/mol. The van der Waals surface area contributed by atoms with Gasteiger partial charge in [0.05, 0.1) is 30.9 Å². The lowest BCUT2D eigenvalue weighted by Crippen LogP contribution is -2.45. The molecule has 7 heteroatoms. The molecule has 2 fully saturated rings. The highest BCUT2D eigenvalue weighted by molar-refractivity contribution is 5.92. The number of rotatable bonds is 2. The number of aromatic nitrogens is 1. The molecule has 2 bridgehead atoms. The van der Waals surface area contributed by atoms with Gasteiger partial charge in [-0.3, -0.25) is 9.59 Å². The van der Waals surface area contributed by atoms with Crippen LogP contribution in [0.1, 0.15) is 23.2 Å². The van der Waals surface area contributed by atoms with Crippen LogP contribution in [0.2, 0.25) is 0 Å². The van der Waals surface area contributed by atoms with Crippen LogP contribution in [0.4, 0.5) is 0 Å². The molecule has 2 aliphatic heterocycles. The minimum Gasteiger partial charge on any atom is -0.378 e. The molecule has 0 radical (unpaired) electrons. The summed E-state index contributed by atoms with van der Waals surface area (Å²) in [4.78, 5) is 28.2. The molecule has 0 aromatic carbocycles. The van der Waals surface area contributed by atoms with Crippen LogP contribution in [0.15, 0.2) is 10.6 Å². The minimum atomic E-state index is -0.306. The number of carbonyl (C=O) groups is 2. The van der Waals surface area contributed by atoms with Crippen molar-refractivity contribution in [3.8, 4) is 0 Å². The quantitative estimate of drug-likeness (QED) is 0.777. The lowest BCUT2D eigenvalue weighted by atomic mass is 10.1. The van der Waals surface area contributed by atoms with E-state index in [9.17, 15) is 9.59 Å². The first-order valence-electron chi connectivity index (χ1n) is 7.19. The molecule has 0 aliphatic carbocycles. The third kappa shape index (κ3) is 2.53. The maximum absolute atomic E-state index is 12.5. The van der Waals surface area contributed by atoms with Gasteiger partial charge in [-0.1, -0.05) is 12.1 Å². The predicted molar refractivity (Wildman–Crippen MR) is 72.7 cm³/mol. The number of nitrogens with zero attached hydrogens (tertiary/aromatic N) is 3. The monoisotopic (exact) mass is 293 g/mol. The second kappa shape index (κ2) is 5.48. The first-order valence-corrected chi connectivity index (χ1v) is 7.19. The molecule has 1 aromatic heterocycles. The van der Waals surface area contributed by atoms with E-state index in [2.05, 4.69) is 5.16 Å². The maximum Gasteiger partial charge on any atom is 0.292 e. The van der Waals surface area contributed by atoms with Gasteiger partial charge in [-0.2, -0.15) is 0 Å². The van der Waals surface area contributed by atoms with E-state index in [1.807, 2.05) is 6.92 Å². The Balaban J connectivity index is 1.82. The molecule has 114 valence electrons. The summed E-state index contributed by atoms with van der Waals surface area (Å²) < 4.78 is 10.6. The Morgan fingerprint density at radius 3 is 2.95 bits per heavy atom. The van der Waals surface area contributed by atoms with Crippen molar-refractivity contribution in [3.05, 3.63) is 17.5 Å². The van der Waals surface area contributed by atoms with Gasteiger partial charge in [-0.15, -0.1) is 0 Å². The van der Waals surface area contributed by atoms with Gasteiger partial charge >= 0.3 is 0 Å². The van der Waals surface area contributed by atoms with Crippen LogP contribution in [0.25, 0.3) is 0 Å². The van der Waals surface area contributed by atoms with E-state index < -0.39 is 0 Å². The van der Waals surface area contributed by atoms with Gasteiger partial charge in [-0.05, 0) is 6.42 Å². The summed E-state index contributed by atoms with van der Waals surface area (Å²) in [5.41, 5.74) is 0.755. The summed E-state index contributed by atoms with van der Waals surface area (Å²) in [6.07, 6.45) is 0.719. The number of carbonyl (C=O) groups excluding carboxylic acids is 2. The second-order valence-corrected chi connectivity index (χ2v) is 5.58. The number of hydrogen-bond acceptors (Lipinski definition) is 5. The lowest BCUT2D eigenvalue weighted by molar-refractivity contribution is -0.133. The molecular weight excluding hydrogens is 274 g/mol. The molecule has 2 aliphatic rings. The molecule has 0 N–H and O–H groups in total. The van der Waals surface area contributed by atoms with Gasteiger partial charge in [0.1, 0.15) is 0 Å². The van der Waals surface area contributed by atoms with E-state index in [1.54, 1.807) is 22.9 Å². The molecule has 3 rings (SSSR count). The number of hydrogen-bond donors (Lipinski definition) is 0. The van der Waals surface area contributed by atoms with Crippen LogP contribution in [-0.2, 0) is 16.0 Å². The van der Waals surface area contributed by atoms with Crippen molar-refractivity contribution in [2.45, 2.75) is 19.4 Å². The largest absolute Gasteiger partial charge is 0.378 e. The van der Waals surface area contributed by atoms with E-state index in [1.165, 1.54) is 0 Å². The van der Waals surface area contributed by atoms with E-state index in [4.69, 9.17) is 9.26 Å². The van der Waals surface area contributed by atoms with E-state index in [0.717, 1.165) is 12.1 Å². The Bertz CT molecular complexity index is 556. The molecule has 0 spiro atoms. The Kier molecular flexibility index (Phi) is 3.67. The Morgan fingerprint density at radius 1 is 1.43 bits per heavy atom. The summed E-state index contributed by atoms with van der Waals surface area (Å²) in [7, 11) is 1.77. The normalized spacial score (nSPS) is 25.9. The van der Waals surface area contributed by atoms with Gasteiger partial charge in [0, 0.05) is 26.2 Å². The topological polar surface area (TPSA) is 75.9 Å². The zero-order valence-electron chi connectivity index (χ0n) is 12.2. The smallest absolute Gasteiger partial charge is 0.292 e. The standard InChI is InChI=1S/C14H19N3O4/c1-3-10-4-12(21-15-10)14(19)17-5-9-7-20-8-11(6-17)16(2)13(9)18/h4,9,11H,3,5-8H2,1-2H3/t9-,11+/m1/s1. The van der Waals surface area contributed by atoms with E-state index >= 15 is 0 Å². The summed E-state index contributed by atoms with van der Waals surface area (Å²) in [5, 5.41) is 3.85. The minimum absolute atomic E-state index is 0.0413. The highest BCUT2D eigenvalue weighted by Gasteiger charge is 2.39. The van der Waals surface area contributed by atoms with Gasteiger partial charge in [-0.25, -0.2) is 0 Å². The summed E-state index contributed by atoms with van der Waals surface area (Å²) in [6.45, 7) is 3.59. The molecule has 7 nitrogen and oxygen atoms in total. The molecular formula is C14H19N3O4. The fraction of sp³-hybridized carbons (Fsp3) is 0.643. The first-order chi connectivity index (χ1) is 10.1. The SMILES string of the molecule is CCc1cc(C(=O)N2C[C@@H]3COC[C@H](C2)N(C)C3=O)on1. The van der Waals surface area contributed by atoms with Gasteiger partial charge < -0.3 is 19.1 Å². The molecule has 1 aromatic rings. The number of aryl methyl sites for hydroxylation is 1. The molecule has 21 heavy (non-hydrogen) atoms. The van der Waals surface area contributed by atoms with E-state index in [-0.39, 0.29) is 29.5 Å². The average Bonchev–Trinajstić information content (AvgIpc) is 2.86. The number of fused-ring (bicyclic) bond motifs is 3. The highest BCUT2D eigenvalue weighted by atomic mass is 16.5. The third-order valence-electron chi connectivity index (χ3n) is 4.16. The van der Waals surface area contributed by atoms with Crippen molar-refractivity contribution < 1.29 is 18.8 Å². The predicted octanol–water partition coefficient (Wildman–Crippen LogP) is 0.166. The fourth-order valence-corrected chi connectivity index (χ4v) is 2.80. The zero-order chi connectivity index (χ0) is 15.0. The molecule has 3 heterocycles. The van der Waals surface area contributed by atoms with Crippen molar-refractivity contribution in [2.24, 2.45) is 5.92 Å². The summed E-state index contributed by atoms with van der Waals surface area (Å²) in [6, 6.07) is 1.56. The molecule has 2 atom stereocenters. The second-order valence-electron chi connectivity index (χ2n) is 5.58. The van der Waals surface area contributed by atoms with Gasteiger partial charge in [0.2, 0.25) is 11.7 Å². The van der Waals surface area contributed by atoms with Crippen LogP contribution in [0, 0.1) is 5.92 Å². The van der Waals surface area contributed by atoms with E-state index in [0.29, 0.717) is 26.3 Å². The molecule has 2 amide bonds. The van der Waals surface area contributed by atoms with Crippen LogP contribution < -0.4 is 0 Å². The van der Waals surface area contributed by atoms with Crippen LogP contribution >= 0.6 is 0 Å². The molecule has 2 saturated heterocycles. The Morgan fingerprint density at radius 2 is 2.24 bits per heavy atom. The van der Waals surface area contributed by atoms with Gasteiger partial charge in [0.15, 0.2) is 0 Å². The van der Waals surface area contributed by atoms with Crippen LogP contribution in [-0.4, -0.2) is 66.2 Å². The highest BCUT2D eigenvalue weighted by Crippen LogP contribution is 2.21. The fourth-order valence-electron chi connectivity index (χ4n) is 2.80. The van der Waals surface area contributed by atoms with Crippen molar-refractivity contribution in [3.63, 3.8) is 0 Å². The summed E-state index contributed by atoms with van der Waals surface area (Å²) >= 11 is 0. The third-order valence-corrected chi connectivity index (χ3v) is 4.16. The van der Waals surface area contributed by atoms with Crippen molar-refractivity contribution >= 4 is 11.8 Å². The summed E-state index contributed by atoms with van der Waals surface area (Å²) in [5.74, 6) is -0.232. The number of ether oxygens (including phenoxy) is 1. The number of likely N-dealkylation sites (N-methyl/N-ethyl adjacent to an activating group) is 1. The van der Waals surface area contributed by atoms with Crippen LogP contribution in [0.5, 0.6) is 0 Å².